The van der Waals surface area contributed by atoms with Crippen LogP contribution in [0.25, 0.3) is 33.7 Å². The van der Waals surface area contributed by atoms with Gasteiger partial charge in [0.1, 0.15) is 48.5 Å². The molecule has 6 rings (SSSR count). The number of ether oxygens (including phenoxy) is 1. The molecule has 1 saturated heterocycles. The molecule has 0 bridgehead atoms. The number of anilines is 1. The number of aliphatic hydroxyl groups excluding tert-OH is 5. The molecule has 9 N–H and O–H groups in total. The van der Waals surface area contributed by atoms with Crippen molar-refractivity contribution in [2.24, 2.45) is 0 Å². The Morgan fingerprint density at radius 2 is 1.75 bits per heavy atom. The van der Waals surface area contributed by atoms with Crippen LogP contribution in [0, 0.1) is 13.8 Å². The number of nitrogens with zero attached hydrogens (tertiary/aromatic N) is 7. The number of phosphoric acid groups is 2. The van der Waals surface area contributed by atoms with E-state index in [4.69, 9.17) is 19.5 Å². The summed E-state index contributed by atoms with van der Waals surface area (Å²) in [6.07, 6.45) is -10.3. The Hall–Kier alpha value is -4.13. The molecule has 1 fully saturated rings. The molecule has 0 aliphatic carbocycles. The lowest BCUT2D eigenvalue weighted by Gasteiger charge is -2.28. The molecule has 0 radical (unpaired) electrons. The smallest absolute Gasteiger partial charge is 0.481 e. The predicted octanol–water partition coefficient (Wildman–Crippen LogP) is -3.06. The van der Waals surface area contributed by atoms with Crippen LogP contribution >= 0.6 is 15.6 Å². The molecule has 2 aromatic heterocycles. The van der Waals surface area contributed by atoms with Crippen LogP contribution < -0.4 is 21.9 Å². The van der Waals surface area contributed by atoms with Gasteiger partial charge in [0.25, 0.3) is 13.4 Å². The van der Waals surface area contributed by atoms with E-state index < -0.39 is 89.5 Å². The van der Waals surface area contributed by atoms with Crippen molar-refractivity contribution in [3.05, 3.63) is 56.8 Å². The number of phosphoric ester groups is 1. The van der Waals surface area contributed by atoms with Crippen LogP contribution in [0.4, 0.5) is 5.82 Å². The molecule has 9 atom stereocenters. The van der Waals surface area contributed by atoms with Crippen LogP contribution in [0.1, 0.15) is 17.4 Å². The van der Waals surface area contributed by atoms with Crippen LogP contribution in [0.3, 0.4) is 0 Å². The molecule has 53 heavy (non-hydrogen) atoms. The Labute approximate surface area is 295 Å². The molecule has 286 valence electrons. The summed E-state index contributed by atoms with van der Waals surface area (Å²) in [5.74, 6) is -0.244. The van der Waals surface area contributed by atoms with E-state index in [2.05, 4.69) is 29.2 Å². The van der Waals surface area contributed by atoms with Gasteiger partial charge >= 0.3 is 13.5 Å². The molecule has 0 spiro atoms. The molecular formula is C27H32N9O15P2-. The molecule has 3 aliphatic heterocycles. The molecular weight excluding hydrogens is 752 g/mol. The third-order valence-corrected chi connectivity index (χ3v) is 10.9. The highest BCUT2D eigenvalue weighted by atomic mass is 31.3. The normalized spacial score (nSPS) is 23.3. The predicted molar refractivity (Wildman–Crippen MR) is 175 cm³/mol. The van der Waals surface area contributed by atoms with E-state index in [9.17, 15) is 54.0 Å². The van der Waals surface area contributed by atoms with E-state index >= 15 is 0 Å². The second kappa shape index (κ2) is 14.6. The van der Waals surface area contributed by atoms with Gasteiger partial charge in [-0.3, -0.25) is 28.0 Å². The zero-order chi connectivity index (χ0) is 38.6. The maximum absolute atomic E-state index is 13.3. The number of imidazole rings is 1. The van der Waals surface area contributed by atoms with Crippen molar-refractivity contribution in [3.8, 4) is 11.5 Å². The first kappa shape index (κ1) is 38.6. The van der Waals surface area contributed by atoms with Crippen LogP contribution in [0.2, 0.25) is 0 Å². The number of aromatic nitrogens is 8. The molecule has 0 amide bonds. The Balaban J connectivity index is 1.16. The minimum atomic E-state index is -5.89. The van der Waals surface area contributed by atoms with Gasteiger partial charge < -0.3 is 50.4 Å². The number of H-pyrrole nitrogens is 1. The van der Waals surface area contributed by atoms with E-state index in [0.717, 1.165) is 17.5 Å². The molecule has 3 aliphatic rings. The Bertz CT molecular complexity index is 2350. The largest absolute Gasteiger partial charge is 0.756 e. The molecule has 3 aromatic rings. The first-order chi connectivity index (χ1) is 24.9. The van der Waals surface area contributed by atoms with Gasteiger partial charge in [-0.15, -0.1) is 0 Å². The number of nitrogens with two attached hydrogens (primary N) is 1. The topological polar surface area (TPSA) is 366 Å². The summed E-state index contributed by atoms with van der Waals surface area (Å²) in [7, 11) is -11.3. The average molecular weight is 785 g/mol. The fourth-order valence-electron chi connectivity index (χ4n) is 5.58. The maximum atomic E-state index is 13.3. The SMILES string of the molecule is Cc1cc2nc3c(=O)[nH]c(=O)nc-3n(CC(O)C(O)C(O)COP(=O)(OCC3OC(n4cnc5c(N)ncnc54)C(O)C3O)OP(=O)([O-])O)c2cc1C. The first-order valence-corrected chi connectivity index (χ1v) is 18.4. The number of aryl methyl sites for hydroxylation is 2. The number of hydrogen-bond acceptors (Lipinski definition) is 20. The minimum Gasteiger partial charge on any atom is -0.756 e. The number of aliphatic hydroxyl groups is 5. The average Bonchev–Trinajstić information content (AvgIpc) is 3.63. The van der Waals surface area contributed by atoms with Gasteiger partial charge in [0.05, 0.1) is 37.1 Å². The van der Waals surface area contributed by atoms with E-state index in [1.54, 1.807) is 26.0 Å². The zero-order valence-corrected chi connectivity index (χ0v) is 29.2. The van der Waals surface area contributed by atoms with Gasteiger partial charge in [-0.25, -0.2) is 33.6 Å². The van der Waals surface area contributed by atoms with Crippen molar-refractivity contribution in [2.45, 2.75) is 63.2 Å². The van der Waals surface area contributed by atoms with Crippen molar-refractivity contribution < 1.29 is 62.5 Å². The first-order valence-electron chi connectivity index (χ1n) is 15.4. The highest BCUT2D eigenvalue weighted by Crippen LogP contribution is 2.60. The Morgan fingerprint density at radius 3 is 2.47 bits per heavy atom. The summed E-state index contributed by atoms with van der Waals surface area (Å²) in [6, 6.07) is 3.28. The lowest BCUT2D eigenvalue weighted by Crippen LogP contribution is -2.42. The van der Waals surface area contributed by atoms with Gasteiger partial charge in [0, 0.05) is 0 Å². The summed E-state index contributed by atoms with van der Waals surface area (Å²) in [4.78, 5) is 67.4. The van der Waals surface area contributed by atoms with E-state index in [1.807, 2.05) is 4.98 Å². The van der Waals surface area contributed by atoms with Crippen molar-refractivity contribution in [3.63, 3.8) is 0 Å². The van der Waals surface area contributed by atoms with Gasteiger partial charge in [-0.1, -0.05) is 0 Å². The molecule has 5 heterocycles. The molecule has 9 unspecified atom stereocenters. The maximum Gasteiger partial charge on any atom is 0.481 e. The highest BCUT2D eigenvalue weighted by Gasteiger charge is 2.46. The second-order valence-corrected chi connectivity index (χ2v) is 15.0. The van der Waals surface area contributed by atoms with Crippen molar-refractivity contribution >= 4 is 43.7 Å². The number of aromatic amines is 1. The zero-order valence-electron chi connectivity index (χ0n) is 27.4. The monoisotopic (exact) mass is 784 g/mol. The van der Waals surface area contributed by atoms with E-state index in [1.165, 1.54) is 15.5 Å². The number of nitrogens with one attached hydrogen (secondary N) is 1. The van der Waals surface area contributed by atoms with Gasteiger partial charge in [0.15, 0.2) is 29.2 Å². The van der Waals surface area contributed by atoms with Crippen molar-refractivity contribution in [2.75, 3.05) is 18.9 Å². The van der Waals surface area contributed by atoms with Crippen molar-refractivity contribution in [1.82, 2.24) is 39.0 Å². The molecule has 1 aromatic carbocycles. The summed E-state index contributed by atoms with van der Waals surface area (Å²) in [5.41, 5.74) is 6.01. The fourth-order valence-corrected chi connectivity index (χ4v) is 7.71. The van der Waals surface area contributed by atoms with E-state index in [0.29, 0.717) is 0 Å². The third kappa shape index (κ3) is 7.91. The summed E-state index contributed by atoms with van der Waals surface area (Å²) < 4.78 is 46.9. The third-order valence-electron chi connectivity index (χ3n) is 8.38. The molecule has 24 nitrogen and oxygen atoms in total. The highest BCUT2D eigenvalue weighted by molar-refractivity contribution is 7.60. The summed E-state index contributed by atoms with van der Waals surface area (Å²) >= 11 is 0. The Kier molecular flexibility index (Phi) is 10.6. The summed E-state index contributed by atoms with van der Waals surface area (Å²) in [6.45, 7) is 0.705. The standard InChI is InChI=1S/C27H33N9O15P2/c1-10-3-12-13(4-11(10)2)35(24-18(32-12)25(42)34-27(43)33-24)5-14(37)19(39)15(38)6-48-53(47,51-52(44,45)46)49-7-16-20(40)21(41)26(50-16)36-9-31-17-22(28)29-8-30-23(17)36/h3-4,8-9,14-16,19-21,26,37-41H,5-7H2,1-2H3,(H2,28,29,30)(H,34,42,43)(H2,44,45,46)/p-1. The number of hydrogen-bond donors (Lipinski definition) is 8. The Morgan fingerprint density at radius 1 is 1.04 bits per heavy atom. The lowest BCUT2D eigenvalue weighted by molar-refractivity contribution is -0.213. The number of nitrogen functional groups attached to an aromatic ring is 1. The van der Waals surface area contributed by atoms with Gasteiger partial charge in [-0.2, -0.15) is 4.98 Å². The van der Waals surface area contributed by atoms with E-state index in [-0.39, 0.29) is 39.5 Å². The van der Waals surface area contributed by atoms with Gasteiger partial charge in [0.2, 0.25) is 0 Å². The molecule has 26 heteroatoms. The fraction of sp³-hybridized carbons (Fsp3) is 0.444. The van der Waals surface area contributed by atoms with Crippen LogP contribution in [0.5, 0.6) is 0 Å². The quantitative estimate of drug-likeness (QED) is 0.0434. The second-order valence-electron chi connectivity index (χ2n) is 12.0. The van der Waals surface area contributed by atoms with Crippen LogP contribution in [-0.2, 0) is 33.8 Å². The number of benzene rings is 1. The van der Waals surface area contributed by atoms with Crippen LogP contribution in [0.15, 0.2) is 34.4 Å². The number of fused-ring (bicyclic) bond motifs is 3. The van der Waals surface area contributed by atoms with Gasteiger partial charge in [-0.05, 0) is 37.1 Å². The molecule has 0 saturated carbocycles. The lowest BCUT2D eigenvalue weighted by atomic mass is 10.1. The number of rotatable bonds is 13. The van der Waals surface area contributed by atoms with Crippen LogP contribution in [-0.4, -0.2) is 119 Å². The van der Waals surface area contributed by atoms with Crippen molar-refractivity contribution in [1.29, 1.82) is 0 Å². The minimum absolute atomic E-state index is 0.0116. The summed E-state index contributed by atoms with van der Waals surface area (Å²) in [5, 5.41) is 53.7.